The van der Waals surface area contributed by atoms with Crippen LogP contribution in [0.4, 0.5) is 0 Å². The highest BCUT2D eigenvalue weighted by Gasteiger charge is 2.23. The van der Waals surface area contributed by atoms with E-state index in [1.54, 1.807) is 30.3 Å². The Morgan fingerprint density at radius 2 is 2.06 bits per heavy atom. The molecule has 1 rings (SSSR count). The Bertz CT molecular complexity index is 385. The smallest absolute Gasteiger partial charge is 0.338 e. The Morgan fingerprint density at radius 3 is 2.61 bits per heavy atom. The van der Waals surface area contributed by atoms with Crippen LogP contribution < -0.4 is 0 Å². The second-order valence-corrected chi connectivity index (χ2v) is 4.74. The van der Waals surface area contributed by atoms with Gasteiger partial charge in [0.2, 0.25) is 0 Å². The predicted molar refractivity (Wildman–Crippen MR) is 70.7 cm³/mol. The summed E-state index contributed by atoms with van der Waals surface area (Å²) in [4.78, 5) is 22.0. The molecule has 0 amide bonds. The molecule has 94 valence electrons. The molecule has 0 aromatic heterocycles. The summed E-state index contributed by atoms with van der Waals surface area (Å²) in [6.07, 6.45) is 0.157. The number of hydrogen-bond donors (Lipinski definition) is 0. The Labute approximate surface area is 115 Å². The maximum absolute atomic E-state index is 11.8. The van der Waals surface area contributed by atoms with Crippen molar-refractivity contribution in [2.75, 3.05) is 6.61 Å². The molecular weight excluding hydrogens is 299 g/mol. The highest BCUT2D eigenvalue weighted by Crippen LogP contribution is 2.15. The third-order valence-corrected chi connectivity index (χ3v) is 3.11. The van der Waals surface area contributed by atoms with Gasteiger partial charge in [-0.05, 0) is 12.1 Å². The van der Waals surface area contributed by atoms with E-state index in [1.165, 1.54) is 0 Å². The van der Waals surface area contributed by atoms with E-state index in [0.29, 0.717) is 11.8 Å². The van der Waals surface area contributed by atoms with Crippen molar-refractivity contribution in [2.45, 2.75) is 17.4 Å². The van der Waals surface area contributed by atoms with Crippen LogP contribution in [-0.4, -0.2) is 37.8 Å². The molecule has 0 aliphatic carbocycles. The van der Waals surface area contributed by atoms with Crippen molar-refractivity contribution in [1.29, 1.82) is 0 Å². The van der Waals surface area contributed by atoms with Crippen molar-refractivity contribution in [1.82, 2.24) is 0 Å². The van der Waals surface area contributed by atoms with Gasteiger partial charge < -0.3 is 14.2 Å². The molecular formula is C12H12BBrO4. The molecule has 0 heterocycles. The molecule has 0 spiro atoms. The maximum atomic E-state index is 11.8. The second kappa shape index (κ2) is 8.05. The van der Waals surface area contributed by atoms with Crippen LogP contribution in [-0.2, 0) is 14.2 Å². The topological polar surface area (TPSA) is 52.6 Å². The molecule has 18 heavy (non-hydrogen) atoms. The van der Waals surface area contributed by atoms with Gasteiger partial charge in [0.1, 0.15) is 12.4 Å². The van der Waals surface area contributed by atoms with Gasteiger partial charge in [-0.2, -0.15) is 0 Å². The van der Waals surface area contributed by atoms with Gasteiger partial charge in [0.05, 0.1) is 10.4 Å². The molecule has 0 unspecified atom stereocenters. The lowest BCUT2D eigenvalue weighted by molar-refractivity contribution is -0.109. The summed E-state index contributed by atoms with van der Waals surface area (Å²) in [5, 5.41) is 0. The predicted octanol–water partition coefficient (Wildman–Crippen LogP) is 1.66. The summed E-state index contributed by atoms with van der Waals surface area (Å²) in [7, 11) is 4.95. The molecule has 0 fully saturated rings. The van der Waals surface area contributed by atoms with Crippen LogP contribution in [0.25, 0.3) is 0 Å². The molecule has 2 radical (unpaired) electrons. The quantitative estimate of drug-likeness (QED) is 0.333. The number of ether oxygens (including phenoxy) is 1. The highest BCUT2D eigenvalue weighted by molar-refractivity contribution is 9.09. The van der Waals surface area contributed by atoms with E-state index in [1.807, 2.05) is 0 Å². The number of carbonyl (C=O) groups is 2. The summed E-state index contributed by atoms with van der Waals surface area (Å²) >= 11 is 3.27. The standard InChI is InChI=1S/C12H12BBrO4/c13-17-8-10(14)11(6-7-15)18-12(16)9-4-2-1-3-5-9/h1-5,7,10-11H,6,8H2/t10-,11-/m0/s1. The fraction of sp³-hybridized carbons (Fsp3) is 0.333. The number of alkyl halides is 1. The minimum atomic E-state index is -0.612. The second-order valence-electron chi connectivity index (χ2n) is 3.56. The van der Waals surface area contributed by atoms with Gasteiger partial charge in [-0.25, -0.2) is 4.79 Å². The summed E-state index contributed by atoms with van der Waals surface area (Å²) in [5.41, 5.74) is 0.432. The monoisotopic (exact) mass is 310 g/mol. The molecule has 0 aliphatic heterocycles. The molecule has 0 saturated heterocycles. The molecule has 2 atom stereocenters. The van der Waals surface area contributed by atoms with Gasteiger partial charge in [0, 0.05) is 13.0 Å². The molecule has 6 heteroatoms. The first-order chi connectivity index (χ1) is 8.69. The van der Waals surface area contributed by atoms with Crippen LogP contribution >= 0.6 is 15.9 Å². The molecule has 0 N–H and O–H groups in total. The minimum absolute atomic E-state index is 0.0812. The Hall–Kier alpha value is -1.14. The summed E-state index contributed by atoms with van der Waals surface area (Å²) in [6.45, 7) is 0.139. The van der Waals surface area contributed by atoms with Crippen LogP contribution in [0.1, 0.15) is 16.8 Å². The van der Waals surface area contributed by atoms with Crippen LogP contribution in [0.15, 0.2) is 30.3 Å². The first-order valence-corrected chi connectivity index (χ1v) is 6.26. The summed E-state index contributed by atoms with van der Waals surface area (Å²) in [6, 6.07) is 8.56. The van der Waals surface area contributed by atoms with Crippen LogP contribution in [0.5, 0.6) is 0 Å². The number of benzene rings is 1. The van der Waals surface area contributed by atoms with Crippen LogP contribution in [0, 0.1) is 0 Å². The summed E-state index contributed by atoms with van der Waals surface area (Å²) < 4.78 is 9.70. The van der Waals surface area contributed by atoms with Crippen molar-refractivity contribution in [3.05, 3.63) is 35.9 Å². The highest BCUT2D eigenvalue weighted by atomic mass is 79.9. The zero-order chi connectivity index (χ0) is 13.4. The van der Waals surface area contributed by atoms with E-state index in [9.17, 15) is 9.59 Å². The van der Waals surface area contributed by atoms with Gasteiger partial charge in [-0.15, -0.1) is 0 Å². The van der Waals surface area contributed by atoms with E-state index < -0.39 is 12.1 Å². The van der Waals surface area contributed by atoms with Crippen molar-refractivity contribution in [3.63, 3.8) is 0 Å². The van der Waals surface area contributed by atoms with Gasteiger partial charge in [-0.3, -0.25) is 0 Å². The van der Waals surface area contributed by atoms with E-state index in [-0.39, 0.29) is 17.9 Å². The molecule has 0 saturated carbocycles. The average molecular weight is 311 g/mol. The third-order valence-electron chi connectivity index (χ3n) is 2.26. The van der Waals surface area contributed by atoms with Crippen LogP contribution in [0.2, 0.25) is 0 Å². The first kappa shape index (κ1) is 14.9. The lowest BCUT2D eigenvalue weighted by atomic mass is 10.2. The lowest BCUT2D eigenvalue weighted by Crippen LogP contribution is -2.31. The average Bonchev–Trinajstić information content (AvgIpc) is 2.39. The van der Waals surface area contributed by atoms with Crippen molar-refractivity contribution in [3.8, 4) is 0 Å². The summed E-state index contributed by atoms with van der Waals surface area (Å²) in [5.74, 6) is -0.482. The van der Waals surface area contributed by atoms with Crippen molar-refractivity contribution >= 4 is 36.2 Å². The maximum Gasteiger partial charge on any atom is 0.338 e. The number of esters is 1. The zero-order valence-corrected chi connectivity index (χ0v) is 11.2. The fourth-order valence-electron chi connectivity index (χ4n) is 1.34. The van der Waals surface area contributed by atoms with Crippen LogP contribution in [0.3, 0.4) is 0 Å². The molecule has 0 aliphatic rings. The van der Waals surface area contributed by atoms with Gasteiger partial charge >= 0.3 is 5.97 Å². The molecule has 1 aromatic rings. The first-order valence-electron chi connectivity index (χ1n) is 5.34. The zero-order valence-electron chi connectivity index (χ0n) is 9.62. The Morgan fingerprint density at radius 1 is 1.39 bits per heavy atom. The lowest BCUT2D eigenvalue weighted by Gasteiger charge is -2.20. The number of hydrogen-bond acceptors (Lipinski definition) is 4. The normalized spacial score (nSPS) is 13.6. The Kier molecular flexibility index (Phi) is 6.68. The number of halogens is 1. The van der Waals surface area contributed by atoms with E-state index >= 15 is 0 Å². The third kappa shape index (κ3) is 4.62. The van der Waals surface area contributed by atoms with Gasteiger partial charge in [-0.1, -0.05) is 34.1 Å². The molecule has 1 aromatic carbocycles. The number of carbonyl (C=O) groups excluding carboxylic acids is 2. The number of rotatable bonds is 7. The van der Waals surface area contributed by atoms with E-state index in [0.717, 1.165) is 0 Å². The Balaban J connectivity index is 2.66. The van der Waals surface area contributed by atoms with Gasteiger partial charge in [0.25, 0.3) is 8.05 Å². The van der Waals surface area contributed by atoms with E-state index in [4.69, 9.17) is 12.8 Å². The van der Waals surface area contributed by atoms with Gasteiger partial charge in [0.15, 0.2) is 0 Å². The minimum Gasteiger partial charge on any atom is -0.457 e. The molecule has 4 nitrogen and oxygen atoms in total. The SMILES string of the molecule is [B]OC[C@H](Br)[C@H](CC=O)OC(=O)c1ccccc1. The molecule has 0 bridgehead atoms. The largest absolute Gasteiger partial charge is 0.457 e. The fourth-order valence-corrected chi connectivity index (χ4v) is 1.82. The van der Waals surface area contributed by atoms with Crippen molar-refractivity contribution in [2.24, 2.45) is 0 Å². The van der Waals surface area contributed by atoms with E-state index in [2.05, 4.69) is 20.6 Å². The van der Waals surface area contributed by atoms with Crippen molar-refractivity contribution < 1.29 is 19.0 Å². The number of aldehydes is 1.